The van der Waals surface area contributed by atoms with Gasteiger partial charge in [-0.25, -0.2) is 13.2 Å². The Labute approximate surface area is 134 Å². The number of aliphatic carboxylic acids is 1. The molecule has 8 heteroatoms. The number of sulfonamides is 1. The van der Waals surface area contributed by atoms with Crippen molar-refractivity contribution in [3.63, 3.8) is 0 Å². The van der Waals surface area contributed by atoms with Gasteiger partial charge in [0.25, 0.3) is 10.0 Å². The van der Waals surface area contributed by atoms with E-state index in [2.05, 4.69) is 0 Å². The Balaban J connectivity index is 1.99. The molecule has 1 aliphatic rings. The second-order valence-corrected chi connectivity index (χ2v) is 8.69. The van der Waals surface area contributed by atoms with Gasteiger partial charge in [-0.05, 0) is 37.3 Å². The van der Waals surface area contributed by atoms with Gasteiger partial charge >= 0.3 is 5.97 Å². The van der Waals surface area contributed by atoms with Gasteiger partial charge < -0.3 is 9.84 Å². The summed E-state index contributed by atoms with van der Waals surface area (Å²) >= 11 is 1.32. The van der Waals surface area contributed by atoms with Crippen LogP contribution in [-0.2, 0) is 26.0 Å². The fourth-order valence-electron chi connectivity index (χ4n) is 2.51. The van der Waals surface area contributed by atoms with Crippen molar-refractivity contribution < 1.29 is 23.1 Å². The third kappa shape index (κ3) is 4.28. The van der Waals surface area contributed by atoms with Gasteiger partial charge in [0, 0.05) is 18.0 Å². The van der Waals surface area contributed by atoms with E-state index in [0.29, 0.717) is 17.3 Å². The van der Waals surface area contributed by atoms with Gasteiger partial charge in [-0.15, -0.1) is 11.3 Å². The number of ether oxygens (including phenoxy) is 1. The summed E-state index contributed by atoms with van der Waals surface area (Å²) in [6.07, 6.45) is 2.45. The Morgan fingerprint density at radius 1 is 1.50 bits per heavy atom. The van der Waals surface area contributed by atoms with Crippen LogP contribution in [0.4, 0.5) is 0 Å². The predicted molar refractivity (Wildman–Crippen MR) is 83.6 cm³/mol. The minimum absolute atomic E-state index is 0.0495. The smallest absolute Gasteiger partial charge is 0.329 e. The van der Waals surface area contributed by atoms with Crippen molar-refractivity contribution in [1.29, 1.82) is 0 Å². The van der Waals surface area contributed by atoms with Gasteiger partial charge in [-0.3, -0.25) is 0 Å². The second-order valence-electron chi connectivity index (χ2n) is 5.35. The van der Waals surface area contributed by atoms with Gasteiger partial charge in [0.2, 0.25) is 0 Å². The Kier molecular flexibility index (Phi) is 5.96. The number of hydrogen-bond acceptors (Lipinski definition) is 5. The normalized spacial score (nSPS) is 20.1. The molecular weight excluding hydrogens is 326 g/mol. The minimum atomic E-state index is -3.45. The molecule has 2 rings (SSSR count). The molecule has 0 amide bonds. The first-order chi connectivity index (χ1) is 10.4. The molecule has 124 valence electrons. The van der Waals surface area contributed by atoms with Gasteiger partial charge in [-0.2, -0.15) is 4.31 Å². The van der Waals surface area contributed by atoms with Crippen molar-refractivity contribution in [2.24, 2.45) is 5.92 Å². The van der Waals surface area contributed by atoms with Crippen LogP contribution < -0.4 is 0 Å². The highest BCUT2D eigenvalue weighted by molar-refractivity contribution is 7.91. The molecular formula is C14H21NO5S2. The maximum Gasteiger partial charge on any atom is 0.329 e. The van der Waals surface area contributed by atoms with Gasteiger partial charge in [0.1, 0.15) is 10.8 Å². The van der Waals surface area contributed by atoms with E-state index in [1.807, 2.05) is 13.0 Å². The maximum absolute atomic E-state index is 12.6. The average Bonchev–Trinajstić information content (AvgIpc) is 2.97. The number of aryl methyl sites for hydroxylation is 1. The Morgan fingerprint density at radius 3 is 2.91 bits per heavy atom. The molecule has 2 heterocycles. The largest absolute Gasteiger partial charge is 0.480 e. The van der Waals surface area contributed by atoms with Crippen LogP contribution in [0.15, 0.2) is 16.3 Å². The number of rotatable bonds is 7. The van der Waals surface area contributed by atoms with E-state index >= 15 is 0 Å². The zero-order valence-corrected chi connectivity index (χ0v) is 14.2. The monoisotopic (exact) mass is 347 g/mol. The van der Waals surface area contributed by atoms with E-state index in [0.717, 1.165) is 24.1 Å². The van der Waals surface area contributed by atoms with Crippen molar-refractivity contribution >= 4 is 27.3 Å². The number of thiophene rings is 1. The summed E-state index contributed by atoms with van der Waals surface area (Å²) in [4.78, 5) is 11.5. The van der Waals surface area contributed by atoms with Crippen molar-refractivity contribution in [1.82, 2.24) is 4.31 Å². The summed E-state index contributed by atoms with van der Waals surface area (Å²) in [5.74, 6) is -0.959. The number of piperidine rings is 1. The highest BCUT2D eigenvalue weighted by Gasteiger charge is 2.31. The first kappa shape index (κ1) is 17.4. The van der Waals surface area contributed by atoms with Gasteiger partial charge in [0.05, 0.1) is 6.61 Å². The van der Waals surface area contributed by atoms with Crippen LogP contribution in [0.2, 0.25) is 0 Å². The molecule has 0 bridgehead atoms. The topological polar surface area (TPSA) is 83.9 Å². The Morgan fingerprint density at radius 2 is 2.27 bits per heavy atom. The summed E-state index contributed by atoms with van der Waals surface area (Å²) in [6, 6.07) is 3.53. The van der Waals surface area contributed by atoms with Crippen LogP contribution in [0.25, 0.3) is 0 Å². The third-order valence-electron chi connectivity index (χ3n) is 3.64. The number of carboxylic acids is 1. The zero-order chi connectivity index (χ0) is 16.2. The summed E-state index contributed by atoms with van der Waals surface area (Å²) in [7, 11) is -3.45. The number of nitrogens with zero attached hydrogens (tertiary/aromatic N) is 1. The zero-order valence-electron chi connectivity index (χ0n) is 12.5. The number of carboxylic acid groups (broad SMARTS) is 1. The number of carbonyl (C=O) groups is 1. The van der Waals surface area contributed by atoms with Crippen LogP contribution >= 0.6 is 11.3 Å². The maximum atomic E-state index is 12.6. The van der Waals surface area contributed by atoms with Crippen LogP contribution in [0, 0.1) is 5.92 Å². The van der Waals surface area contributed by atoms with Crippen molar-refractivity contribution in [2.45, 2.75) is 30.4 Å². The van der Waals surface area contributed by atoms with E-state index < -0.39 is 16.0 Å². The molecule has 22 heavy (non-hydrogen) atoms. The molecule has 1 aromatic rings. The van der Waals surface area contributed by atoms with E-state index in [-0.39, 0.29) is 19.1 Å². The molecule has 0 aromatic carbocycles. The fraction of sp³-hybridized carbons (Fsp3) is 0.643. The molecule has 0 saturated carbocycles. The molecule has 1 saturated heterocycles. The summed E-state index contributed by atoms with van der Waals surface area (Å²) in [5, 5.41) is 8.57. The molecule has 6 nitrogen and oxygen atoms in total. The Hall–Kier alpha value is -0.960. The Bertz CT molecular complexity index is 611. The standard InChI is InChI=1S/C14H21NO5S2/c1-2-12-5-6-14(21-12)22(18,19)15-7-3-4-11(8-15)9-20-10-13(16)17/h5-6,11H,2-4,7-10H2,1H3,(H,16,17). The second kappa shape index (κ2) is 7.54. The van der Waals surface area contributed by atoms with Gasteiger partial charge in [0.15, 0.2) is 0 Å². The lowest BCUT2D eigenvalue weighted by molar-refractivity contribution is -0.142. The highest BCUT2D eigenvalue weighted by Crippen LogP contribution is 2.28. The first-order valence-electron chi connectivity index (χ1n) is 7.32. The van der Waals surface area contributed by atoms with E-state index in [1.54, 1.807) is 6.07 Å². The van der Waals surface area contributed by atoms with Crippen molar-refractivity contribution in [2.75, 3.05) is 26.3 Å². The van der Waals surface area contributed by atoms with Crippen LogP contribution in [0.5, 0.6) is 0 Å². The lowest BCUT2D eigenvalue weighted by Gasteiger charge is -2.31. The summed E-state index contributed by atoms with van der Waals surface area (Å²) in [5.41, 5.74) is 0. The van der Waals surface area contributed by atoms with Crippen LogP contribution in [0.3, 0.4) is 0 Å². The molecule has 0 aliphatic carbocycles. The molecule has 0 radical (unpaired) electrons. The SMILES string of the molecule is CCc1ccc(S(=O)(=O)N2CCCC(COCC(=O)O)C2)s1. The van der Waals surface area contributed by atoms with Crippen molar-refractivity contribution in [3.05, 3.63) is 17.0 Å². The quantitative estimate of drug-likeness (QED) is 0.813. The third-order valence-corrected chi connectivity index (χ3v) is 7.20. The van der Waals surface area contributed by atoms with Crippen molar-refractivity contribution in [3.8, 4) is 0 Å². The minimum Gasteiger partial charge on any atom is -0.480 e. The molecule has 1 fully saturated rings. The molecule has 1 aliphatic heterocycles. The molecule has 1 N–H and O–H groups in total. The fourth-order valence-corrected chi connectivity index (χ4v) is 5.51. The van der Waals surface area contributed by atoms with E-state index in [9.17, 15) is 13.2 Å². The lowest BCUT2D eigenvalue weighted by atomic mass is 10.0. The number of hydrogen-bond donors (Lipinski definition) is 1. The molecule has 1 unspecified atom stereocenters. The predicted octanol–water partition coefficient (Wildman–Crippen LogP) is 1.81. The van der Waals surface area contributed by atoms with E-state index in [4.69, 9.17) is 9.84 Å². The molecule has 1 aromatic heterocycles. The summed E-state index contributed by atoms with van der Waals surface area (Å²) < 4.78 is 32.3. The molecule has 1 atom stereocenters. The average molecular weight is 347 g/mol. The van der Waals surface area contributed by atoms with Gasteiger partial charge in [-0.1, -0.05) is 6.92 Å². The highest BCUT2D eigenvalue weighted by atomic mass is 32.2. The summed E-state index contributed by atoms with van der Waals surface area (Å²) in [6.45, 7) is 2.84. The van der Waals surface area contributed by atoms with Crippen LogP contribution in [-0.4, -0.2) is 50.1 Å². The lowest BCUT2D eigenvalue weighted by Crippen LogP contribution is -2.41. The van der Waals surface area contributed by atoms with E-state index in [1.165, 1.54) is 15.6 Å². The first-order valence-corrected chi connectivity index (χ1v) is 9.57. The molecule has 0 spiro atoms. The van der Waals surface area contributed by atoms with Crippen LogP contribution in [0.1, 0.15) is 24.6 Å².